The molecular weight excluding hydrogens is 282 g/mol. The summed E-state index contributed by atoms with van der Waals surface area (Å²) in [6, 6.07) is 12.0. The minimum Gasteiger partial charge on any atom is -0.508 e. The van der Waals surface area contributed by atoms with E-state index in [9.17, 15) is 5.11 Å². The Hall–Kier alpha value is -1.67. The highest BCUT2D eigenvalue weighted by Crippen LogP contribution is 2.47. The summed E-state index contributed by atoms with van der Waals surface area (Å²) < 4.78 is 0. The Balaban J connectivity index is 1.97. The first-order chi connectivity index (χ1) is 9.87. The van der Waals surface area contributed by atoms with E-state index in [-0.39, 0.29) is 11.5 Å². The van der Waals surface area contributed by atoms with Crippen LogP contribution in [0, 0.1) is 12.3 Å². The van der Waals surface area contributed by atoms with Crippen LogP contribution in [0.3, 0.4) is 0 Å². The maximum atomic E-state index is 9.66. The molecule has 0 aliphatic heterocycles. The van der Waals surface area contributed by atoms with Crippen molar-refractivity contribution < 1.29 is 5.11 Å². The second-order valence-corrected chi connectivity index (χ2v) is 7.02. The predicted molar refractivity (Wildman–Crippen MR) is 88.1 cm³/mol. The van der Waals surface area contributed by atoms with Crippen LogP contribution in [-0.2, 0) is 6.42 Å². The van der Waals surface area contributed by atoms with Crippen molar-refractivity contribution in [3.8, 4) is 5.75 Å². The molecule has 21 heavy (non-hydrogen) atoms. The number of phenols is 1. The van der Waals surface area contributed by atoms with Gasteiger partial charge in [-0.05, 0) is 65.8 Å². The molecule has 3 heteroatoms. The topological polar surface area (TPSA) is 32.3 Å². The molecule has 2 N–H and O–H groups in total. The second kappa shape index (κ2) is 4.96. The number of fused-ring (bicyclic) bond motifs is 1. The van der Waals surface area contributed by atoms with Gasteiger partial charge in [0.2, 0.25) is 0 Å². The number of anilines is 1. The van der Waals surface area contributed by atoms with Gasteiger partial charge in [0.15, 0.2) is 0 Å². The van der Waals surface area contributed by atoms with Gasteiger partial charge in [-0.1, -0.05) is 31.5 Å². The fraction of sp³-hybridized carbons (Fsp3) is 0.333. The van der Waals surface area contributed by atoms with Crippen molar-refractivity contribution in [1.29, 1.82) is 0 Å². The Morgan fingerprint density at radius 1 is 1.19 bits per heavy atom. The van der Waals surface area contributed by atoms with Crippen LogP contribution in [0.4, 0.5) is 5.69 Å². The van der Waals surface area contributed by atoms with Crippen molar-refractivity contribution in [3.63, 3.8) is 0 Å². The van der Waals surface area contributed by atoms with E-state index >= 15 is 0 Å². The van der Waals surface area contributed by atoms with Crippen molar-refractivity contribution >= 4 is 17.3 Å². The minimum atomic E-state index is 0.124. The maximum Gasteiger partial charge on any atom is 0.118 e. The summed E-state index contributed by atoms with van der Waals surface area (Å²) in [5.74, 6) is 0.328. The molecule has 2 nitrogen and oxygen atoms in total. The Morgan fingerprint density at radius 2 is 1.95 bits per heavy atom. The predicted octanol–water partition coefficient (Wildman–Crippen LogP) is 5.09. The summed E-state index contributed by atoms with van der Waals surface area (Å²) in [7, 11) is 0. The zero-order chi connectivity index (χ0) is 15.2. The number of hydrogen-bond donors (Lipinski definition) is 2. The lowest BCUT2D eigenvalue weighted by Gasteiger charge is -2.29. The van der Waals surface area contributed by atoms with Crippen LogP contribution >= 0.6 is 11.6 Å². The summed E-state index contributed by atoms with van der Waals surface area (Å²) in [5.41, 5.74) is 4.66. The number of rotatable bonds is 2. The van der Waals surface area contributed by atoms with Gasteiger partial charge in [-0.3, -0.25) is 0 Å². The third-order valence-electron chi connectivity index (χ3n) is 4.35. The van der Waals surface area contributed by atoms with Crippen LogP contribution in [0.25, 0.3) is 0 Å². The van der Waals surface area contributed by atoms with Crippen molar-refractivity contribution in [2.75, 3.05) is 5.32 Å². The van der Waals surface area contributed by atoms with Crippen LogP contribution in [-0.4, -0.2) is 5.11 Å². The van der Waals surface area contributed by atoms with E-state index in [2.05, 4.69) is 31.3 Å². The average Bonchev–Trinajstić information content (AvgIpc) is 2.65. The Labute approximate surface area is 130 Å². The summed E-state index contributed by atoms with van der Waals surface area (Å²) in [6.07, 6.45) is 1.04. The third-order valence-corrected chi connectivity index (χ3v) is 4.59. The fourth-order valence-electron chi connectivity index (χ4n) is 3.19. The average molecular weight is 302 g/mol. The number of phenolic OH excluding ortho intramolecular Hbond substituents is 1. The van der Waals surface area contributed by atoms with E-state index in [4.69, 9.17) is 11.6 Å². The second-order valence-electron chi connectivity index (χ2n) is 6.59. The van der Waals surface area contributed by atoms with E-state index < -0.39 is 0 Å². The highest BCUT2D eigenvalue weighted by molar-refractivity contribution is 6.30. The molecular formula is C18H20ClNO. The first-order valence-electron chi connectivity index (χ1n) is 7.21. The van der Waals surface area contributed by atoms with Gasteiger partial charge in [0.1, 0.15) is 5.75 Å². The number of halogens is 1. The van der Waals surface area contributed by atoms with Gasteiger partial charge in [0.05, 0.1) is 6.04 Å². The zero-order valence-corrected chi connectivity index (χ0v) is 13.3. The van der Waals surface area contributed by atoms with Crippen molar-refractivity contribution in [3.05, 3.63) is 58.1 Å². The molecule has 0 heterocycles. The highest BCUT2D eigenvalue weighted by atomic mass is 35.5. The molecule has 1 aliphatic rings. The zero-order valence-electron chi connectivity index (χ0n) is 12.6. The van der Waals surface area contributed by atoms with Gasteiger partial charge >= 0.3 is 0 Å². The molecule has 0 aromatic heterocycles. The standard InChI is InChI=1S/C18H20ClNO/c1-11-8-14(6-7-16(11)21)20-17-15-9-13(19)5-4-12(15)10-18(17,2)3/h4-9,17,20-21H,10H2,1-3H3. The molecule has 3 rings (SSSR count). The molecule has 0 saturated heterocycles. The molecule has 0 amide bonds. The molecule has 0 saturated carbocycles. The van der Waals surface area contributed by atoms with Crippen LogP contribution in [0.15, 0.2) is 36.4 Å². The summed E-state index contributed by atoms with van der Waals surface area (Å²) in [6.45, 7) is 6.45. The first kappa shape index (κ1) is 14.3. The van der Waals surface area contributed by atoms with Gasteiger partial charge < -0.3 is 10.4 Å². The molecule has 0 bridgehead atoms. The lowest BCUT2D eigenvalue weighted by atomic mass is 9.85. The van der Waals surface area contributed by atoms with E-state index in [0.717, 1.165) is 22.7 Å². The van der Waals surface area contributed by atoms with E-state index in [1.807, 2.05) is 25.1 Å². The summed E-state index contributed by atoms with van der Waals surface area (Å²) in [4.78, 5) is 0. The Bertz CT molecular complexity index is 694. The van der Waals surface area contributed by atoms with Crippen LogP contribution in [0.2, 0.25) is 5.02 Å². The number of aromatic hydroxyl groups is 1. The first-order valence-corrected chi connectivity index (χ1v) is 7.59. The molecule has 110 valence electrons. The largest absolute Gasteiger partial charge is 0.508 e. The van der Waals surface area contributed by atoms with Crippen molar-refractivity contribution in [2.45, 2.75) is 33.2 Å². The molecule has 1 unspecified atom stereocenters. The molecule has 0 fully saturated rings. The lowest BCUT2D eigenvalue weighted by Crippen LogP contribution is -2.24. The van der Waals surface area contributed by atoms with E-state index in [1.54, 1.807) is 6.07 Å². The van der Waals surface area contributed by atoms with Gasteiger partial charge in [-0.25, -0.2) is 0 Å². The summed E-state index contributed by atoms with van der Waals surface area (Å²) >= 11 is 6.17. The third kappa shape index (κ3) is 2.60. The summed E-state index contributed by atoms with van der Waals surface area (Å²) in [5, 5.41) is 14.0. The van der Waals surface area contributed by atoms with Crippen molar-refractivity contribution in [2.24, 2.45) is 5.41 Å². The number of hydrogen-bond acceptors (Lipinski definition) is 2. The molecule has 0 spiro atoms. The lowest BCUT2D eigenvalue weighted by molar-refractivity contribution is 0.337. The maximum absolute atomic E-state index is 9.66. The quantitative estimate of drug-likeness (QED) is 0.757. The van der Waals surface area contributed by atoms with Crippen LogP contribution in [0.5, 0.6) is 5.75 Å². The van der Waals surface area contributed by atoms with Crippen LogP contribution in [0.1, 0.15) is 36.6 Å². The molecule has 1 aliphatic carbocycles. The van der Waals surface area contributed by atoms with Gasteiger partial charge in [-0.15, -0.1) is 0 Å². The smallest absolute Gasteiger partial charge is 0.118 e. The number of benzene rings is 2. The van der Waals surface area contributed by atoms with Gasteiger partial charge in [0.25, 0.3) is 0 Å². The SMILES string of the molecule is Cc1cc(NC2c3cc(Cl)ccc3CC2(C)C)ccc1O. The normalized spacial score (nSPS) is 19.3. The molecule has 1 atom stereocenters. The Kier molecular flexibility index (Phi) is 3.37. The Morgan fingerprint density at radius 3 is 2.67 bits per heavy atom. The van der Waals surface area contributed by atoms with Crippen LogP contribution < -0.4 is 5.32 Å². The van der Waals surface area contributed by atoms with E-state index in [1.165, 1.54) is 11.1 Å². The van der Waals surface area contributed by atoms with Gasteiger partial charge in [-0.2, -0.15) is 0 Å². The van der Waals surface area contributed by atoms with Gasteiger partial charge in [0, 0.05) is 10.7 Å². The van der Waals surface area contributed by atoms with E-state index in [0.29, 0.717) is 5.75 Å². The monoisotopic (exact) mass is 301 g/mol. The fourth-order valence-corrected chi connectivity index (χ4v) is 3.37. The minimum absolute atomic E-state index is 0.124. The van der Waals surface area contributed by atoms with Crippen molar-refractivity contribution in [1.82, 2.24) is 0 Å². The molecule has 2 aromatic rings. The molecule has 2 aromatic carbocycles. The number of aryl methyl sites for hydroxylation is 1. The highest BCUT2D eigenvalue weighted by Gasteiger charge is 2.39. The number of nitrogens with one attached hydrogen (secondary N) is 1. The molecule has 0 radical (unpaired) electrons.